The summed E-state index contributed by atoms with van der Waals surface area (Å²) in [6.07, 6.45) is 2.49. The Morgan fingerprint density at radius 1 is 1.25 bits per heavy atom. The molecule has 0 aliphatic heterocycles. The van der Waals surface area contributed by atoms with E-state index in [-0.39, 0.29) is 5.95 Å². The lowest BCUT2D eigenvalue weighted by atomic mass is 10.1. The third-order valence-corrected chi connectivity index (χ3v) is 3.59. The largest absolute Gasteiger partial charge is 0.405 e. The van der Waals surface area contributed by atoms with Crippen molar-refractivity contribution in [3.05, 3.63) is 43.0 Å². The third kappa shape index (κ3) is 2.64. The summed E-state index contributed by atoms with van der Waals surface area (Å²) in [6.45, 7) is -1.18. The summed E-state index contributed by atoms with van der Waals surface area (Å²) < 4.78 is 38.5. The molecule has 0 bridgehead atoms. The average molecular weight is 332 g/mol. The van der Waals surface area contributed by atoms with Gasteiger partial charge < -0.3 is 10.3 Å². The number of anilines is 1. The molecule has 0 aliphatic rings. The highest BCUT2D eigenvalue weighted by Crippen LogP contribution is 2.28. The maximum absolute atomic E-state index is 12.2. The van der Waals surface area contributed by atoms with Crippen molar-refractivity contribution in [2.24, 2.45) is 0 Å². The van der Waals surface area contributed by atoms with Crippen LogP contribution in [0, 0.1) is 0 Å². The quantitative estimate of drug-likeness (QED) is 0.604. The predicted octanol–water partition coefficient (Wildman–Crippen LogP) is 3.25. The zero-order valence-corrected chi connectivity index (χ0v) is 12.2. The highest BCUT2D eigenvalue weighted by molar-refractivity contribution is 5.94. The molecule has 0 aliphatic carbocycles. The smallest absolute Gasteiger partial charge is 0.345 e. The van der Waals surface area contributed by atoms with Gasteiger partial charge in [-0.25, -0.2) is 9.50 Å². The Hall–Kier alpha value is -3.10. The number of aromatic nitrogens is 5. The lowest BCUT2D eigenvalue weighted by Crippen LogP contribution is -2.22. The first-order chi connectivity index (χ1) is 11.5. The van der Waals surface area contributed by atoms with Crippen molar-refractivity contribution in [1.29, 1.82) is 0 Å². The lowest BCUT2D eigenvalue weighted by Gasteiger charge is -2.07. The Morgan fingerprint density at radius 3 is 2.96 bits per heavy atom. The molecule has 4 aromatic heterocycles. The van der Waals surface area contributed by atoms with E-state index in [4.69, 9.17) is 0 Å². The number of rotatable bonds is 3. The molecular weight excluding hydrogens is 321 g/mol. The molecule has 4 rings (SSSR count). The maximum Gasteiger partial charge on any atom is 0.405 e. The van der Waals surface area contributed by atoms with E-state index in [1.165, 1.54) is 6.20 Å². The lowest BCUT2D eigenvalue weighted by molar-refractivity contribution is -0.115. The number of hydrogen-bond acceptors (Lipinski definition) is 4. The van der Waals surface area contributed by atoms with Gasteiger partial charge in [0.05, 0.1) is 5.52 Å². The predicted molar refractivity (Wildman–Crippen MR) is 82.6 cm³/mol. The molecular formula is C15H11F3N6. The molecule has 0 radical (unpaired) electrons. The fourth-order valence-electron chi connectivity index (χ4n) is 2.50. The van der Waals surface area contributed by atoms with E-state index in [0.717, 1.165) is 22.0 Å². The summed E-state index contributed by atoms with van der Waals surface area (Å²) in [7, 11) is 0. The van der Waals surface area contributed by atoms with E-state index in [1.807, 2.05) is 24.4 Å². The van der Waals surface area contributed by atoms with Crippen LogP contribution >= 0.6 is 0 Å². The first kappa shape index (κ1) is 14.5. The van der Waals surface area contributed by atoms with E-state index >= 15 is 0 Å². The summed E-state index contributed by atoms with van der Waals surface area (Å²) in [5.41, 5.74) is 3.22. The molecule has 9 heteroatoms. The number of fused-ring (bicyclic) bond motifs is 2. The van der Waals surface area contributed by atoms with Crippen molar-refractivity contribution in [3.63, 3.8) is 0 Å². The molecule has 0 fully saturated rings. The molecule has 2 N–H and O–H groups in total. The number of halogens is 3. The first-order valence-corrected chi connectivity index (χ1v) is 7.08. The third-order valence-electron chi connectivity index (χ3n) is 3.59. The minimum absolute atomic E-state index is 0.0699. The van der Waals surface area contributed by atoms with Crippen molar-refractivity contribution < 1.29 is 13.2 Å². The summed E-state index contributed by atoms with van der Waals surface area (Å²) in [5, 5.41) is 7.04. The second-order valence-corrected chi connectivity index (χ2v) is 5.24. The van der Waals surface area contributed by atoms with Gasteiger partial charge in [0.2, 0.25) is 5.95 Å². The van der Waals surface area contributed by atoms with Gasteiger partial charge in [0.1, 0.15) is 12.2 Å². The van der Waals surface area contributed by atoms with Gasteiger partial charge in [-0.2, -0.15) is 23.3 Å². The van der Waals surface area contributed by atoms with Crippen molar-refractivity contribution >= 4 is 22.5 Å². The maximum atomic E-state index is 12.2. The van der Waals surface area contributed by atoms with Crippen LogP contribution < -0.4 is 5.32 Å². The zero-order chi connectivity index (χ0) is 16.7. The van der Waals surface area contributed by atoms with Crippen molar-refractivity contribution in [3.8, 4) is 11.1 Å². The molecule has 0 atom stereocenters. The van der Waals surface area contributed by atoms with Crippen LogP contribution in [0.15, 0.2) is 43.0 Å². The molecule has 122 valence electrons. The molecule has 24 heavy (non-hydrogen) atoms. The fraction of sp³-hybridized carbons (Fsp3) is 0.133. The Balaban J connectivity index is 1.69. The van der Waals surface area contributed by atoms with Crippen LogP contribution in [0.4, 0.5) is 19.1 Å². The molecule has 6 nitrogen and oxygen atoms in total. The number of H-pyrrole nitrogens is 1. The van der Waals surface area contributed by atoms with Crippen LogP contribution in [0.5, 0.6) is 0 Å². The van der Waals surface area contributed by atoms with Gasteiger partial charge in [0, 0.05) is 35.7 Å². The average Bonchev–Trinajstić information content (AvgIpc) is 3.17. The van der Waals surface area contributed by atoms with Gasteiger partial charge in [0.15, 0.2) is 0 Å². The molecule has 0 amide bonds. The first-order valence-electron chi connectivity index (χ1n) is 7.08. The van der Waals surface area contributed by atoms with Crippen LogP contribution in [0.3, 0.4) is 0 Å². The van der Waals surface area contributed by atoms with Gasteiger partial charge in [0.25, 0.3) is 0 Å². The molecule has 0 saturated heterocycles. The minimum Gasteiger partial charge on any atom is -0.345 e. The van der Waals surface area contributed by atoms with E-state index in [2.05, 4.69) is 25.4 Å². The second kappa shape index (κ2) is 5.22. The number of pyridine rings is 1. The van der Waals surface area contributed by atoms with Crippen LogP contribution in [0.2, 0.25) is 0 Å². The van der Waals surface area contributed by atoms with E-state index in [9.17, 15) is 13.2 Å². The monoisotopic (exact) mass is 332 g/mol. The Labute approximate surface area is 133 Å². The van der Waals surface area contributed by atoms with Crippen molar-refractivity contribution in [2.45, 2.75) is 6.18 Å². The van der Waals surface area contributed by atoms with Crippen LogP contribution in [0.1, 0.15) is 0 Å². The summed E-state index contributed by atoms with van der Waals surface area (Å²) in [6, 6.07) is 5.75. The summed E-state index contributed by atoms with van der Waals surface area (Å²) in [4.78, 5) is 11.0. The van der Waals surface area contributed by atoms with E-state index < -0.39 is 12.7 Å². The summed E-state index contributed by atoms with van der Waals surface area (Å²) in [5.74, 6) is -0.0699. The van der Waals surface area contributed by atoms with E-state index in [1.54, 1.807) is 16.9 Å². The van der Waals surface area contributed by atoms with Crippen molar-refractivity contribution in [1.82, 2.24) is 24.6 Å². The molecule has 0 saturated carbocycles. The van der Waals surface area contributed by atoms with Crippen LogP contribution in [-0.2, 0) is 0 Å². The number of alkyl halides is 3. The molecule has 0 unspecified atom stereocenters. The second-order valence-electron chi connectivity index (χ2n) is 5.24. The zero-order valence-electron chi connectivity index (χ0n) is 12.2. The van der Waals surface area contributed by atoms with Gasteiger partial charge in [-0.1, -0.05) is 0 Å². The highest BCUT2D eigenvalue weighted by Gasteiger charge is 2.27. The van der Waals surface area contributed by atoms with Crippen LogP contribution in [-0.4, -0.2) is 37.3 Å². The molecule has 0 spiro atoms. The topological polar surface area (TPSA) is 70.9 Å². The number of nitrogens with one attached hydrogen (secondary N) is 2. The van der Waals surface area contributed by atoms with Crippen LogP contribution in [0.25, 0.3) is 27.7 Å². The normalized spacial score (nSPS) is 12.1. The number of hydrogen-bond donors (Lipinski definition) is 2. The van der Waals surface area contributed by atoms with Gasteiger partial charge in [-0.3, -0.25) is 0 Å². The SMILES string of the molecule is FC(F)(F)CNc1ncc2c(-c3ccn4nccc4c3)c[nH]c2n1. The Morgan fingerprint density at radius 2 is 2.12 bits per heavy atom. The summed E-state index contributed by atoms with van der Waals surface area (Å²) >= 11 is 0. The minimum atomic E-state index is -4.32. The number of aromatic amines is 1. The van der Waals surface area contributed by atoms with Gasteiger partial charge >= 0.3 is 6.18 Å². The highest BCUT2D eigenvalue weighted by atomic mass is 19.4. The molecule has 4 aromatic rings. The molecule has 0 aromatic carbocycles. The van der Waals surface area contributed by atoms with Gasteiger partial charge in [-0.05, 0) is 23.8 Å². The Bertz CT molecular complexity index is 1020. The van der Waals surface area contributed by atoms with Crippen molar-refractivity contribution in [2.75, 3.05) is 11.9 Å². The number of nitrogens with zero attached hydrogens (tertiary/aromatic N) is 4. The standard InChI is InChI=1S/C15H11F3N6/c16-15(17,18)8-21-14-20-7-12-11(6-19-13(12)23-14)9-2-4-24-10(5-9)1-3-22-24/h1-7H,8H2,(H2,19,20,21,23). The molecule has 4 heterocycles. The fourth-order valence-corrected chi connectivity index (χ4v) is 2.50. The van der Waals surface area contributed by atoms with Gasteiger partial charge in [-0.15, -0.1) is 0 Å². The van der Waals surface area contributed by atoms with E-state index in [0.29, 0.717) is 5.65 Å². The Kier molecular flexibility index (Phi) is 3.15.